The maximum absolute atomic E-state index is 6.09. The lowest BCUT2D eigenvalue weighted by Crippen LogP contribution is -2.55. The Morgan fingerprint density at radius 1 is 1.10 bits per heavy atom. The lowest BCUT2D eigenvalue weighted by atomic mass is 10.1. The third kappa shape index (κ3) is 2.34. The van der Waals surface area contributed by atoms with Crippen LogP contribution in [0.1, 0.15) is 13.8 Å². The summed E-state index contributed by atoms with van der Waals surface area (Å²) in [4.78, 5) is 13.5. The molecule has 1 aliphatic heterocycles. The van der Waals surface area contributed by atoms with Gasteiger partial charge in [0.05, 0.1) is 5.52 Å². The van der Waals surface area contributed by atoms with E-state index in [2.05, 4.69) is 46.7 Å². The van der Waals surface area contributed by atoms with Crippen LogP contribution < -0.4 is 4.90 Å². The van der Waals surface area contributed by atoms with Gasteiger partial charge in [-0.25, -0.2) is 4.98 Å². The number of nitrogens with zero attached hydrogens (tertiary/aromatic N) is 4. The van der Waals surface area contributed by atoms with Crippen molar-refractivity contribution in [1.29, 1.82) is 0 Å². The number of benzene rings is 1. The van der Waals surface area contributed by atoms with E-state index < -0.39 is 0 Å². The molecule has 1 aromatic heterocycles. The van der Waals surface area contributed by atoms with Crippen molar-refractivity contribution in [3.8, 4) is 0 Å². The molecular weight excluding hydrogens is 272 g/mol. The zero-order valence-corrected chi connectivity index (χ0v) is 12.8. The molecule has 2 atom stereocenters. The van der Waals surface area contributed by atoms with Gasteiger partial charge in [-0.2, -0.15) is 4.98 Å². The topological polar surface area (TPSA) is 32.3 Å². The highest BCUT2D eigenvalue weighted by molar-refractivity contribution is 6.28. The van der Waals surface area contributed by atoms with Gasteiger partial charge in [0.15, 0.2) is 0 Å². The molecule has 0 amide bonds. The maximum atomic E-state index is 6.09. The van der Waals surface area contributed by atoms with Crippen LogP contribution in [-0.4, -0.2) is 47.1 Å². The summed E-state index contributed by atoms with van der Waals surface area (Å²) >= 11 is 6.09. The number of para-hydroxylation sites is 1. The fraction of sp³-hybridized carbons (Fsp3) is 0.467. The molecule has 20 heavy (non-hydrogen) atoms. The number of rotatable bonds is 1. The number of hydrogen-bond donors (Lipinski definition) is 0. The Labute approximate surface area is 124 Å². The van der Waals surface area contributed by atoms with Gasteiger partial charge < -0.3 is 4.90 Å². The molecule has 1 fully saturated rings. The molecule has 0 bridgehead atoms. The molecule has 5 heteroatoms. The van der Waals surface area contributed by atoms with Crippen LogP contribution in [0.5, 0.6) is 0 Å². The summed E-state index contributed by atoms with van der Waals surface area (Å²) in [5.74, 6) is 0.951. The maximum Gasteiger partial charge on any atom is 0.224 e. The van der Waals surface area contributed by atoms with Crippen LogP contribution in [0.3, 0.4) is 0 Å². The minimum atomic E-state index is 0.318. The Bertz CT molecular complexity index is 618. The van der Waals surface area contributed by atoms with Crippen LogP contribution in [0, 0.1) is 0 Å². The zero-order chi connectivity index (χ0) is 14.3. The Balaban J connectivity index is 2.06. The smallest absolute Gasteiger partial charge is 0.224 e. The van der Waals surface area contributed by atoms with Gasteiger partial charge in [0.2, 0.25) is 5.28 Å². The lowest BCUT2D eigenvalue weighted by molar-refractivity contribution is 0.170. The molecule has 1 saturated heterocycles. The first-order valence-corrected chi connectivity index (χ1v) is 7.33. The predicted molar refractivity (Wildman–Crippen MR) is 83.4 cm³/mol. The predicted octanol–water partition coefficient (Wildman–Crippen LogP) is 2.81. The molecule has 1 aromatic carbocycles. The quantitative estimate of drug-likeness (QED) is 0.756. The first-order chi connectivity index (χ1) is 9.56. The Hall–Kier alpha value is -1.39. The van der Waals surface area contributed by atoms with Crippen LogP contribution in [0.15, 0.2) is 24.3 Å². The molecule has 2 aromatic rings. The molecule has 0 spiro atoms. The summed E-state index contributed by atoms with van der Waals surface area (Å²) in [7, 11) is 2.18. The van der Waals surface area contributed by atoms with Gasteiger partial charge in [-0.15, -0.1) is 0 Å². The van der Waals surface area contributed by atoms with Crippen molar-refractivity contribution in [3.63, 3.8) is 0 Å². The summed E-state index contributed by atoms with van der Waals surface area (Å²) in [5, 5.41) is 1.39. The van der Waals surface area contributed by atoms with Crippen molar-refractivity contribution >= 4 is 28.3 Å². The molecule has 1 aliphatic rings. The third-order valence-electron chi connectivity index (χ3n) is 4.22. The number of likely N-dealkylation sites (N-methyl/N-ethyl adjacent to an activating group) is 1. The van der Waals surface area contributed by atoms with E-state index in [4.69, 9.17) is 11.6 Å². The van der Waals surface area contributed by atoms with Crippen LogP contribution in [0.4, 0.5) is 5.82 Å². The molecule has 3 rings (SSSR count). The molecule has 0 radical (unpaired) electrons. The van der Waals surface area contributed by atoms with E-state index in [0.29, 0.717) is 17.4 Å². The Morgan fingerprint density at radius 3 is 2.45 bits per heavy atom. The standard InChI is InChI=1S/C15H19ClN4/c1-10-8-20(9-11(2)19(10)3)14-12-6-4-5-7-13(12)17-15(16)18-14/h4-7,10-11H,8-9H2,1-3H3. The number of piperazine rings is 1. The number of hydrogen-bond acceptors (Lipinski definition) is 4. The first-order valence-electron chi connectivity index (χ1n) is 6.95. The second-order valence-corrected chi connectivity index (χ2v) is 5.94. The molecule has 0 saturated carbocycles. The van der Waals surface area contributed by atoms with Crippen LogP contribution in [0.25, 0.3) is 10.9 Å². The van der Waals surface area contributed by atoms with E-state index >= 15 is 0 Å². The van der Waals surface area contributed by atoms with Crippen LogP contribution in [-0.2, 0) is 0 Å². The SMILES string of the molecule is CC1CN(c2nc(Cl)nc3ccccc23)CC(C)N1C. The van der Waals surface area contributed by atoms with E-state index in [1.54, 1.807) is 0 Å². The van der Waals surface area contributed by atoms with Crippen LogP contribution >= 0.6 is 11.6 Å². The summed E-state index contributed by atoms with van der Waals surface area (Å²) < 4.78 is 0. The number of fused-ring (bicyclic) bond motifs is 1. The number of anilines is 1. The third-order valence-corrected chi connectivity index (χ3v) is 4.38. The van der Waals surface area contributed by atoms with Gasteiger partial charge >= 0.3 is 0 Å². The molecule has 0 aliphatic carbocycles. The van der Waals surface area contributed by atoms with Gasteiger partial charge in [0.1, 0.15) is 5.82 Å². The lowest BCUT2D eigenvalue weighted by Gasteiger charge is -2.43. The Morgan fingerprint density at radius 2 is 1.75 bits per heavy atom. The van der Waals surface area contributed by atoms with E-state index in [9.17, 15) is 0 Å². The second-order valence-electron chi connectivity index (χ2n) is 5.60. The van der Waals surface area contributed by atoms with Crippen molar-refractivity contribution in [2.24, 2.45) is 0 Å². The summed E-state index contributed by atoms with van der Waals surface area (Å²) in [6.07, 6.45) is 0. The van der Waals surface area contributed by atoms with E-state index in [1.165, 1.54) is 0 Å². The molecule has 2 heterocycles. The highest BCUT2D eigenvalue weighted by Gasteiger charge is 2.28. The van der Waals surface area contributed by atoms with Gasteiger partial charge in [-0.1, -0.05) is 12.1 Å². The van der Waals surface area contributed by atoms with Gasteiger partial charge in [0, 0.05) is 30.6 Å². The van der Waals surface area contributed by atoms with Crippen molar-refractivity contribution in [2.75, 3.05) is 25.0 Å². The minimum absolute atomic E-state index is 0.318. The van der Waals surface area contributed by atoms with E-state index in [-0.39, 0.29) is 0 Å². The summed E-state index contributed by atoms with van der Waals surface area (Å²) in [6.45, 7) is 6.40. The Kier molecular flexibility index (Phi) is 3.52. The minimum Gasteiger partial charge on any atom is -0.353 e. The number of halogens is 1. The van der Waals surface area contributed by atoms with Gasteiger partial charge in [-0.05, 0) is 44.6 Å². The largest absolute Gasteiger partial charge is 0.353 e. The highest BCUT2D eigenvalue weighted by atomic mass is 35.5. The average molecular weight is 291 g/mol. The van der Waals surface area contributed by atoms with E-state index in [1.807, 2.05) is 18.2 Å². The van der Waals surface area contributed by atoms with Gasteiger partial charge in [0.25, 0.3) is 0 Å². The molecule has 2 unspecified atom stereocenters. The zero-order valence-electron chi connectivity index (χ0n) is 12.0. The monoisotopic (exact) mass is 290 g/mol. The van der Waals surface area contributed by atoms with Crippen molar-refractivity contribution in [2.45, 2.75) is 25.9 Å². The van der Waals surface area contributed by atoms with Crippen molar-refractivity contribution in [1.82, 2.24) is 14.9 Å². The normalized spacial score (nSPS) is 24.3. The van der Waals surface area contributed by atoms with E-state index in [0.717, 1.165) is 29.8 Å². The highest BCUT2D eigenvalue weighted by Crippen LogP contribution is 2.28. The van der Waals surface area contributed by atoms with Crippen LogP contribution in [0.2, 0.25) is 5.28 Å². The molecule has 0 N–H and O–H groups in total. The molecular formula is C15H19ClN4. The molecule has 4 nitrogen and oxygen atoms in total. The number of aromatic nitrogens is 2. The van der Waals surface area contributed by atoms with Crippen molar-refractivity contribution in [3.05, 3.63) is 29.5 Å². The van der Waals surface area contributed by atoms with Crippen molar-refractivity contribution < 1.29 is 0 Å². The summed E-state index contributed by atoms with van der Waals surface area (Å²) in [5.41, 5.74) is 0.904. The first kappa shape index (κ1) is 13.6. The fourth-order valence-corrected chi connectivity index (χ4v) is 3.02. The molecule has 106 valence electrons. The summed E-state index contributed by atoms with van der Waals surface area (Å²) in [6, 6.07) is 9.03. The fourth-order valence-electron chi connectivity index (χ4n) is 2.85. The second kappa shape index (κ2) is 5.19. The average Bonchev–Trinajstić information content (AvgIpc) is 2.43. The van der Waals surface area contributed by atoms with Gasteiger partial charge in [-0.3, -0.25) is 4.90 Å².